The number of piperidine rings is 1. The van der Waals surface area contributed by atoms with Gasteiger partial charge in [0.25, 0.3) is 5.91 Å². The van der Waals surface area contributed by atoms with Crippen molar-refractivity contribution in [2.75, 3.05) is 53.2 Å². The number of nitriles is 1. The molecule has 3 N–H and O–H groups in total. The van der Waals surface area contributed by atoms with Gasteiger partial charge in [-0.3, -0.25) is 39.2 Å². The van der Waals surface area contributed by atoms with Crippen LogP contribution >= 0.6 is 12.2 Å². The van der Waals surface area contributed by atoms with Crippen LogP contribution in [0.25, 0.3) is 0 Å². The van der Waals surface area contributed by atoms with Crippen LogP contribution in [0.1, 0.15) is 76.0 Å². The van der Waals surface area contributed by atoms with E-state index in [9.17, 15) is 37.6 Å². The van der Waals surface area contributed by atoms with Gasteiger partial charge >= 0.3 is 6.18 Å². The molecular formula is C43H47F3N8O5S. The van der Waals surface area contributed by atoms with Crippen LogP contribution in [-0.2, 0) is 25.4 Å². The lowest BCUT2D eigenvalue weighted by Gasteiger charge is -2.44. The molecule has 13 nitrogen and oxygen atoms in total. The van der Waals surface area contributed by atoms with Crippen LogP contribution in [0.15, 0.2) is 60.7 Å². The number of thiocarbonyl (C=S) groups is 1. The lowest BCUT2D eigenvalue weighted by Crippen LogP contribution is -2.58. The third kappa shape index (κ3) is 8.96. The Kier molecular flexibility index (Phi) is 11.9. The smallest absolute Gasteiger partial charge is 0.417 e. The lowest BCUT2D eigenvalue weighted by molar-refractivity contribution is -0.138. The summed E-state index contributed by atoms with van der Waals surface area (Å²) in [6, 6.07) is 17.1. The van der Waals surface area contributed by atoms with Gasteiger partial charge in [-0.05, 0) is 125 Å². The summed E-state index contributed by atoms with van der Waals surface area (Å²) in [5, 5.41) is 17.8. The maximum atomic E-state index is 13.8. The summed E-state index contributed by atoms with van der Waals surface area (Å²) < 4.78 is 47.9. The predicted molar refractivity (Wildman–Crippen MR) is 224 cm³/mol. The minimum atomic E-state index is -4.80. The molecule has 0 radical (unpaired) electrons. The molecule has 0 unspecified atom stereocenters. The molecule has 3 atom stereocenters. The molecule has 0 bridgehead atoms. The Morgan fingerprint density at radius 2 is 1.68 bits per heavy atom. The van der Waals surface area contributed by atoms with Crippen LogP contribution in [0, 0.1) is 11.3 Å². The van der Waals surface area contributed by atoms with Crippen LogP contribution in [0.5, 0.6) is 5.75 Å². The number of piperazine rings is 1. The number of nitrogens with zero attached hydrogens (tertiary/aromatic N) is 5. The third-order valence-electron chi connectivity index (χ3n) is 11.5. The van der Waals surface area contributed by atoms with Gasteiger partial charge in [0, 0.05) is 55.2 Å². The number of carbonyl (C=O) groups excluding carboxylic acids is 4. The van der Waals surface area contributed by atoms with Crippen molar-refractivity contribution >= 4 is 63.7 Å². The van der Waals surface area contributed by atoms with E-state index in [-0.39, 0.29) is 59.5 Å². The maximum absolute atomic E-state index is 13.8. The van der Waals surface area contributed by atoms with Crippen molar-refractivity contribution < 1.29 is 37.1 Å². The Morgan fingerprint density at radius 3 is 2.35 bits per heavy atom. The van der Waals surface area contributed by atoms with E-state index in [1.54, 1.807) is 49.1 Å². The molecule has 4 fully saturated rings. The van der Waals surface area contributed by atoms with Gasteiger partial charge in [-0.25, -0.2) is 0 Å². The number of carbonyl (C=O) groups is 4. The Balaban J connectivity index is 0.946. The number of alkyl halides is 3. The van der Waals surface area contributed by atoms with E-state index in [0.717, 1.165) is 54.3 Å². The molecule has 4 amide bonds. The van der Waals surface area contributed by atoms with Crippen molar-refractivity contribution in [3.05, 3.63) is 77.4 Å². The second-order valence-electron chi connectivity index (χ2n) is 16.4. The summed E-state index contributed by atoms with van der Waals surface area (Å²) in [6.07, 6.45) is -2.19. The minimum absolute atomic E-state index is 0.0339. The fourth-order valence-electron chi connectivity index (χ4n) is 8.31. The van der Waals surface area contributed by atoms with Gasteiger partial charge in [0.15, 0.2) is 5.11 Å². The molecular weight excluding hydrogens is 798 g/mol. The number of imide groups is 1. The number of anilines is 4. The van der Waals surface area contributed by atoms with Gasteiger partial charge < -0.3 is 20.3 Å². The van der Waals surface area contributed by atoms with E-state index in [1.807, 2.05) is 18.2 Å². The van der Waals surface area contributed by atoms with E-state index in [1.165, 1.54) is 6.07 Å². The number of rotatable bonds is 12. The van der Waals surface area contributed by atoms with E-state index in [2.05, 4.69) is 39.6 Å². The summed E-state index contributed by atoms with van der Waals surface area (Å²) in [6.45, 7) is 10.3. The molecule has 0 aromatic heterocycles. The Bertz CT molecular complexity index is 2250. The summed E-state index contributed by atoms with van der Waals surface area (Å²) in [5.41, 5.74) is -0.0970. The van der Waals surface area contributed by atoms with E-state index in [4.69, 9.17) is 17.0 Å². The number of hydrogen-bond donors (Lipinski definition) is 3. The highest BCUT2D eigenvalue weighted by molar-refractivity contribution is 7.81. The van der Waals surface area contributed by atoms with Gasteiger partial charge in [-0.15, -0.1) is 0 Å². The van der Waals surface area contributed by atoms with E-state index < -0.39 is 34.8 Å². The van der Waals surface area contributed by atoms with Gasteiger partial charge in [-0.2, -0.15) is 18.4 Å². The first-order chi connectivity index (χ1) is 28.4. The molecule has 0 spiro atoms. The Labute approximate surface area is 351 Å². The highest BCUT2D eigenvalue weighted by Gasteiger charge is 2.51. The zero-order valence-corrected chi connectivity index (χ0v) is 34.6. The monoisotopic (exact) mass is 844 g/mol. The average Bonchev–Trinajstić information content (AvgIpc) is 4.01. The van der Waals surface area contributed by atoms with Gasteiger partial charge in [0.1, 0.15) is 23.9 Å². The van der Waals surface area contributed by atoms with Crippen LogP contribution in [-0.4, -0.2) is 95.0 Å². The van der Waals surface area contributed by atoms with E-state index >= 15 is 0 Å². The standard InChI is InChI=1S/C43H47F3N8O5S/c1-25-22-51(23-26(2)52(25)24-38(56)49-30-7-5-6-29(18-30)48-35-13-15-37(55)50-39(35)57)16-17-59-36-14-12-32(19-33(36)27-8-9-27)54-41(60)53(40(58)42(54,3)4)31-11-10-28(21-47)34(20-31)43(44,45)46/h5-7,10-12,14,18-20,25-27,35,48H,8-9,13,15-17,22-24H2,1-4H3,(H,49,56)(H,50,55,57)/t25-,26+,35-/m0/s1. The molecule has 7 rings (SSSR count). The fraction of sp³-hybridized carbons (Fsp3) is 0.442. The number of benzene rings is 3. The van der Waals surface area contributed by atoms with Crippen molar-refractivity contribution in [3.63, 3.8) is 0 Å². The maximum Gasteiger partial charge on any atom is 0.417 e. The zero-order chi connectivity index (χ0) is 43.1. The first-order valence-corrected chi connectivity index (χ1v) is 20.4. The van der Waals surface area contributed by atoms with E-state index in [0.29, 0.717) is 36.6 Å². The molecule has 1 aliphatic carbocycles. The predicted octanol–water partition coefficient (Wildman–Crippen LogP) is 6.00. The van der Waals surface area contributed by atoms with Crippen molar-refractivity contribution in [1.29, 1.82) is 5.26 Å². The first kappa shape index (κ1) is 42.6. The third-order valence-corrected chi connectivity index (χ3v) is 11.9. The molecule has 1 saturated carbocycles. The Hall–Kier alpha value is -5.57. The highest BCUT2D eigenvalue weighted by Crippen LogP contribution is 2.47. The van der Waals surface area contributed by atoms with Crippen molar-refractivity contribution in [2.24, 2.45) is 0 Å². The van der Waals surface area contributed by atoms with Crippen LogP contribution in [0.2, 0.25) is 0 Å². The second kappa shape index (κ2) is 16.8. The molecule has 3 aromatic carbocycles. The van der Waals surface area contributed by atoms with Crippen molar-refractivity contribution in [3.8, 4) is 11.8 Å². The van der Waals surface area contributed by atoms with Crippen molar-refractivity contribution in [1.82, 2.24) is 15.1 Å². The number of halogens is 3. The molecule has 316 valence electrons. The normalized spacial score (nSPS) is 22.4. The zero-order valence-electron chi connectivity index (χ0n) is 33.8. The summed E-state index contributed by atoms with van der Waals surface area (Å²) >= 11 is 5.77. The molecule has 3 aromatic rings. The largest absolute Gasteiger partial charge is 0.492 e. The summed E-state index contributed by atoms with van der Waals surface area (Å²) in [5.74, 6) is -0.309. The van der Waals surface area contributed by atoms with Gasteiger partial charge in [0.05, 0.1) is 29.4 Å². The molecule has 3 heterocycles. The quantitative estimate of drug-likeness (QED) is 0.146. The van der Waals surface area contributed by atoms with Crippen LogP contribution in [0.3, 0.4) is 0 Å². The molecule has 3 aliphatic heterocycles. The number of amides is 4. The van der Waals surface area contributed by atoms with Crippen LogP contribution in [0.4, 0.5) is 35.9 Å². The topological polar surface area (TPSA) is 150 Å². The minimum Gasteiger partial charge on any atom is -0.492 e. The summed E-state index contributed by atoms with van der Waals surface area (Å²) in [7, 11) is 0. The molecule has 60 heavy (non-hydrogen) atoms. The fourth-order valence-corrected chi connectivity index (χ4v) is 8.83. The average molecular weight is 845 g/mol. The lowest BCUT2D eigenvalue weighted by atomic mass is 10.0. The number of nitrogens with one attached hydrogen (secondary N) is 3. The SMILES string of the molecule is C[C@@H]1CN(CCOc2ccc(N3C(=S)N(c4ccc(C#N)c(C(F)(F)F)c4)C(=O)C3(C)C)cc2C2CC2)C[C@H](C)N1CC(=O)Nc1cccc(N[C@H]2CCC(=O)NC2=O)c1. The van der Waals surface area contributed by atoms with Crippen LogP contribution < -0.4 is 30.5 Å². The Morgan fingerprint density at radius 1 is 0.983 bits per heavy atom. The summed E-state index contributed by atoms with van der Waals surface area (Å²) in [4.78, 5) is 57.9. The van der Waals surface area contributed by atoms with Crippen molar-refractivity contribution in [2.45, 2.75) is 89.1 Å². The molecule has 4 aliphatic rings. The van der Waals surface area contributed by atoms with Gasteiger partial charge in [0.2, 0.25) is 17.7 Å². The second-order valence-corrected chi connectivity index (χ2v) is 16.8. The number of ether oxygens (including phenoxy) is 1. The number of hydrogen-bond acceptors (Lipinski definition) is 10. The molecule has 3 saturated heterocycles. The molecule has 17 heteroatoms. The first-order valence-electron chi connectivity index (χ1n) is 20.0. The van der Waals surface area contributed by atoms with Gasteiger partial charge in [-0.1, -0.05) is 6.07 Å². The highest BCUT2D eigenvalue weighted by atomic mass is 32.1.